The van der Waals surface area contributed by atoms with Crippen molar-refractivity contribution >= 4 is 27.2 Å². The lowest BCUT2D eigenvalue weighted by Crippen LogP contribution is -1.95. The summed E-state index contributed by atoms with van der Waals surface area (Å²) in [5, 5.41) is 9.81. The third-order valence-corrected chi connectivity index (χ3v) is 3.07. The Kier molecular flexibility index (Phi) is 2.31. The highest BCUT2D eigenvalue weighted by Gasteiger charge is 2.09. The number of ketones is 1. The largest absolute Gasteiger partial charge is 0.391 e. The van der Waals surface area contributed by atoms with E-state index in [0.717, 1.165) is 15.0 Å². The first-order valence-corrected chi connectivity index (χ1v) is 5.03. The molecule has 4 heteroatoms. The smallest absolute Gasteiger partial charge is 0.178 e. The number of carbonyl (C=O) groups excluding carboxylic acids is 1. The molecule has 1 N–H and O–H groups in total. The number of fused-ring (bicyclic) bond motifs is 1. The fourth-order valence-electron chi connectivity index (χ4n) is 1.37. The van der Waals surface area contributed by atoms with E-state index in [-0.39, 0.29) is 12.4 Å². The topological polar surface area (TPSA) is 50.2 Å². The van der Waals surface area contributed by atoms with Gasteiger partial charge in [-0.15, -0.1) is 11.3 Å². The lowest BCUT2D eigenvalue weighted by Gasteiger charge is -1.94. The number of aliphatic hydroxyl groups is 1. The Bertz CT molecular complexity index is 490. The van der Waals surface area contributed by atoms with Gasteiger partial charge in [0.05, 0.1) is 6.61 Å². The van der Waals surface area contributed by atoms with E-state index in [4.69, 9.17) is 5.11 Å². The van der Waals surface area contributed by atoms with Crippen LogP contribution < -0.4 is 0 Å². The summed E-state index contributed by atoms with van der Waals surface area (Å²) in [6.07, 6.45) is 1.62. The molecule has 0 aromatic carbocycles. The van der Waals surface area contributed by atoms with E-state index >= 15 is 0 Å². The fraction of sp³-hybridized carbons (Fsp3) is 0.200. The van der Waals surface area contributed by atoms with Crippen molar-refractivity contribution < 1.29 is 9.90 Å². The fourth-order valence-corrected chi connectivity index (χ4v) is 2.29. The third kappa shape index (κ3) is 1.42. The minimum absolute atomic E-state index is 0.0106. The van der Waals surface area contributed by atoms with Gasteiger partial charge in [-0.25, -0.2) is 0 Å². The van der Waals surface area contributed by atoms with Crippen LogP contribution in [-0.2, 0) is 6.61 Å². The molecule has 0 saturated carbocycles. The van der Waals surface area contributed by atoms with Gasteiger partial charge in [-0.3, -0.25) is 9.78 Å². The molecule has 0 spiro atoms. The van der Waals surface area contributed by atoms with Crippen molar-refractivity contribution in [3.05, 3.63) is 28.9 Å². The minimum Gasteiger partial charge on any atom is -0.391 e. The second-order valence-corrected chi connectivity index (χ2v) is 4.17. The van der Waals surface area contributed by atoms with Gasteiger partial charge < -0.3 is 5.11 Å². The second-order valence-electron chi connectivity index (χ2n) is 3.00. The molecule has 0 atom stereocenters. The molecule has 2 rings (SSSR count). The average molecular weight is 207 g/mol. The van der Waals surface area contributed by atoms with Gasteiger partial charge in [0.2, 0.25) is 0 Å². The molecule has 0 aliphatic rings. The maximum atomic E-state index is 11.2. The van der Waals surface area contributed by atoms with Crippen LogP contribution in [-0.4, -0.2) is 15.9 Å². The van der Waals surface area contributed by atoms with Crippen LogP contribution in [0.15, 0.2) is 18.3 Å². The van der Waals surface area contributed by atoms with Crippen molar-refractivity contribution in [2.45, 2.75) is 13.5 Å². The molecule has 72 valence electrons. The van der Waals surface area contributed by atoms with Crippen LogP contribution in [0, 0.1) is 0 Å². The van der Waals surface area contributed by atoms with Crippen LogP contribution >= 0.6 is 11.3 Å². The van der Waals surface area contributed by atoms with Gasteiger partial charge in [0.15, 0.2) is 5.78 Å². The van der Waals surface area contributed by atoms with Gasteiger partial charge in [-0.1, -0.05) is 0 Å². The predicted molar refractivity (Wildman–Crippen MR) is 55.5 cm³/mol. The van der Waals surface area contributed by atoms with E-state index in [1.807, 2.05) is 12.1 Å². The third-order valence-electron chi connectivity index (χ3n) is 1.99. The van der Waals surface area contributed by atoms with Crippen molar-refractivity contribution in [2.24, 2.45) is 0 Å². The maximum Gasteiger partial charge on any atom is 0.178 e. The molecule has 2 aromatic rings. The molecule has 2 aromatic heterocycles. The van der Waals surface area contributed by atoms with Crippen molar-refractivity contribution in [2.75, 3.05) is 0 Å². The Hall–Kier alpha value is -1.26. The quantitative estimate of drug-likeness (QED) is 0.766. The number of aliphatic hydroxyl groups excluding tert-OH is 1. The molecule has 0 bridgehead atoms. The Morgan fingerprint density at radius 3 is 3.07 bits per heavy atom. The molecule has 0 radical (unpaired) electrons. The Morgan fingerprint density at radius 2 is 2.43 bits per heavy atom. The molecule has 0 amide bonds. The standard InChI is InChI=1S/C10H9NO2S/c1-6(13)10-8-4-7(5-12)14-9(8)2-3-11-10/h2-4,12H,5H2,1H3. The van der Waals surface area contributed by atoms with Gasteiger partial charge >= 0.3 is 0 Å². The molecule has 2 heterocycles. The van der Waals surface area contributed by atoms with Crippen LogP contribution in [0.5, 0.6) is 0 Å². The lowest BCUT2D eigenvalue weighted by molar-refractivity contribution is 0.101. The summed E-state index contributed by atoms with van der Waals surface area (Å²) in [7, 11) is 0. The number of pyridine rings is 1. The Labute approximate surface area is 85.0 Å². The summed E-state index contributed by atoms with van der Waals surface area (Å²) in [4.78, 5) is 16.1. The summed E-state index contributed by atoms with van der Waals surface area (Å²) < 4.78 is 0.995. The summed E-state index contributed by atoms with van der Waals surface area (Å²) in [6, 6.07) is 3.68. The van der Waals surface area contributed by atoms with Crippen LogP contribution in [0.25, 0.3) is 10.1 Å². The molecular formula is C10H9NO2S. The molecular weight excluding hydrogens is 198 g/mol. The number of aromatic nitrogens is 1. The first kappa shape index (κ1) is 9.30. The van der Waals surface area contributed by atoms with Crippen LogP contribution in [0.4, 0.5) is 0 Å². The van der Waals surface area contributed by atoms with Crippen LogP contribution in [0.2, 0.25) is 0 Å². The summed E-state index contributed by atoms with van der Waals surface area (Å²) in [5.41, 5.74) is 0.485. The maximum absolute atomic E-state index is 11.2. The first-order valence-electron chi connectivity index (χ1n) is 4.21. The number of hydrogen-bond donors (Lipinski definition) is 1. The monoisotopic (exact) mass is 207 g/mol. The zero-order valence-electron chi connectivity index (χ0n) is 7.65. The van der Waals surface area contributed by atoms with Crippen LogP contribution in [0.3, 0.4) is 0 Å². The number of carbonyl (C=O) groups is 1. The van der Waals surface area contributed by atoms with Crippen molar-refractivity contribution in [3.8, 4) is 0 Å². The highest BCUT2D eigenvalue weighted by atomic mass is 32.1. The Balaban J connectivity index is 2.73. The normalized spacial score (nSPS) is 10.7. The van der Waals surface area contributed by atoms with Gasteiger partial charge in [0, 0.05) is 28.1 Å². The van der Waals surface area contributed by atoms with Crippen molar-refractivity contribution in [1.82, 2.24) is 4.98 Å². The number of thiophene rings is 1. The molecule has 0 unspecified atom stereocenters. The number of hydrogen-bond acceptors (Lipinski definition) is 4. The molecule has 14 heavy (non-hydrogen) atoms. The van der Waals surface area contributed by atoms with Gasteiger partial charge in [-0.2, -0.15) is 0 Å². The van der Waals surface area contributed by atoms with E-state index < -0.39 is 0 Å². The van der Waals surface area contributed by atoms with E-state index in [0.29, 0.717) is 5.69 Å². The minimum atomic E-state index is -0.0436. The number of nitrogens with zero attached hydrogens (tertiary/aromatic N) is 1. The molecule has 0 fully saturated rings. The van der Waals surface area contributed by atoms with Crippen molar-refractivity contribution in [1.29, 1.82) is 0 Å². The van der Waals surface area contributed by atoms with Gasteiger partial charge in [0.1, 0.15) is 5.69 Å². The average Bonchev–Trinajstić information content (AvgIpc) is 2.59. The lowest BCUT2D eigenvalue weighted by atomic mass is 10.2. The predicted octanol–water partition coefficient (Wildman–Crippen LogP) is 1.99. The van der Waals surface area contributed by atoms with E-state index in [1.54, 1.807) is 6.20 Å². The number of rotatable bonds is 2. The van der Waals surface area contributed by atoms with E-state index in [9.17, 15) is 4.79 Å². The van der Waals surface area contributed by atoms with E-state index in [1.165, 1.54) is 18.3 Å². The molecule has 0 aliphatic heterocycles. The SMILES string of the molecule is CC(=O)c1nccc2sc(CO)cc12. The second kappa shape index (κ2) is 3.48. The summed E-state index contributed by atoms with van der Waals surface area (Å²) >= 11 is 1.49. The summed E-state index contributed by atoms with van der Waals surface area (Å²) in [6.45, 7) is 1.51. The summed E-state index contributed by atoms with van der Waals surface area (Å²) in [5.74, 6) is -0.0436. The molecule has 0 aliphatic carbocycles. The molecule has 0 saturated heterocycles. The van der Waals surface area contributed by atoms with Crippen molar-refractivity contribution in [3.63, 3.8) is 0 Å². The Morgan fingerprint density at radius 1 is 1.64 bits per heavy atom. The highest BCUT2D eigenvalue weighted by molar-refractivity contribution is 7.19. The van der Waals surface area contributed by atoms with Crippen LogP contribution in [0.1, 0.15) is 22.3 Å². The number of Topliss-reactive ketones (excluding diaryl/α,β-unsaturated/α-hetero) is 1. The van der Waals surface area contributed by atoms with Gasteiger partial charge in [0.25, 0.3) is 0 Å². The van der Waals surface area contributed by atoms with E-state index in [2.05, 4.69) is 4.98 Å². The zero-order valence-corrected chi connectivity index (χ0v) is 8.47. The molecule has 3 nitrogen and oxygen atoms in total. The zero-order chi connectivity index (χ0) is 10.1. The van der Waals surface area contributed by atoms with Gasteiger partial charge in [-0.05, 0) is 12.1 Å². The first-order chi connectivity index (χ1) is 6.72. The highest BCUT2D eigenvalue weighted by Crippen LogP contribution is 2.27.